The second kappa shape index (κ2) is 6.58. The Kier molecular flexibility index (Phi) is 5.07. The maximum atomic E-state index is 11.5. The molecule has 0 amide bonds. The van der Waals surface area contributed by atoms with Crippen molar-refractivity contribution in [1.82, 2.24) is 0 Å². The Hall–Kier alpha value is -1.97. The van der Waals surface area contributed by atoms with Gasteiger partial charge in [-0.25, -0.2) is 4.79 Å². The van der Waals surface area contributed by atoms with Crippen LogP contribution >= 0.6 is 0 Å². The number of hydrogen-bond donors (Lipinski definition) is 0. The van der Waals surface area contributed by atoms with Crippen molar-refractivity contribution in [3.8, 4) is 11.5 Å². The predicted octanol–water partition coefficient (Wildman–Crippen LogP) is 2.54. The van der Waals surface area contributed by atoms with Gasteiger partial charge in [0.2, 0.25) is 5.76 Å². The van der Waals surface area contributed by atoms with E-state index in [4.69, 9.17) is 14.2 Å². The first kappa shape index (κ1) is 13.1. The SMILES string of the molecule is CC=C(Oc1ccccc1OC)C(=O)OCC. The summed E-state index contributed by atoms with van der Waals surface area (Å²) in [7, 11) is 1.54. The van der Waals surface area contributed by atoms with Gasteiger partial charge in [-0.1, -0.05) is 12.1 Å². The summed E-state index contributed by atoms with van der Waals surface area (Å²) in [6, 6.07) is 7.11. The second-order valence-electron chi connectivity index (χ2n) is 3.13. The number of hydrogen-bond acceptors (Lipinski definition) is 4. The van der Waals surface area contributed by atoms with Crippen LogP contribution in [0.4, 0.5) is 0 Å². The first-order valence-electron chi connectivity index (χ1n) is 5.37. The van der Waals surface area contributed by atoms with Gasteiger partial charge in [0.05, 0.1) is 13.7 Å². The van der Waals surface area contributed by atoms with Crippen molar-refractivity contribution >= 4 is 5.97 Å². The van der Waals surface area contributed by atoms with Crippen LogP contribution in [-0.4, -0.2) is 19.7 Å². The third-order valence-electron chi connectivity index (χ3n) is 2.03. The lowest BCUT2D eigenvalue weighted by Gasteiger charge is -2.11. The van der Waals surface area contributed by atoms with Gasteiger partial charge in [-0.3, -0.25) is 0 Å². The molecule has 0 aliphatic carbocycles. The Labute approximate surface area is 101 Å². The predicted molar refractivity (Wildman–Crippen MR) is 64.0 cm³/mol. The zero-order chi connectivity index (χ0) is 12.7. The fourth-order valence-electron chi connectivity index (χ4n) is 1.24. The number of allylic oxidation sites excluding steroid dienone is 1. The van der Waals surface area contributed by atoms with Gasteiger partial charge < -0.3 is 14.2 Å². The van der Waals surface area contributed by atoms with E-state index in [0.717, 1.165) is 0 Å². The lowest BCUT2D eigenvalue weighted by Crippen LogP contribution is -2.12. The van der Waals surface area contributed by atoms with Crippen LogP contribution in [-0.2, 0) is 9.53 Å². The van der Waals surface area contributed by atoms with Gasteiger partial charge in [0.25, 0.3) is 0 Å². The molecule has 17 heavy (non-hydrogen) atoms. The molecule has 4 heteroatoms. The minimum atomic E-state index is -0.485. The van der Waals surface area contributed by atoms with Crippen molar-refractivity contribution in [1.29, 1.82) is 0 Å². The average Bonchev–Trinajstić information content (AvgIpc) is 2.36. The molecule has 0 aliphatic rings. The maximum absolute atomic E-state index is 11.5. The Morgan fingerprint density at radius 3 is 2.47 bits per heavy atom. The van der Waals surface area contributed by atoms with Crippen LogP contribution in [0.25, 0.3) is 0 Å². The van der Waals surface area contributed by atoms with Crippen molar-refractivity contribution in [3.05, 3.63) is 36.1 Å². The van der Waals surface area contributed by atoms with Crippen LogP contribution in [0.3, 0.4) is 0 Å². The van der Waals surface area contributed by atoms with Gasteiger partial charge in [-0.05, 0) is 32.1 Å². The summed E-state index contributed by atoms with van der Waals surface area (Å²) in [5.41, 5.74) is 0. The van der Waals surface area contributed by atoms with E-state index in [1.807, 2.05) is 6.07 Å². The molecule has 1 rings (SSSR count). The smallest absolute Gasteiger partial charge is 0.373 e. The van der Waals surface area contributed by atoms with Gasteiger partial charge in [0.1, 0.15) is 0 Å². The molecular weight excluding hydrogens is 220 g/mol. The highest BCUT2D eigenvalue weighted by molar-refractivity contribution is 5.86. The van der Waals surface area contributed by atoms with E-state index in [2.05, 4.69) is 0 Å². The number of methoxy groups -OCH3 is 1. The van der Waals surface area contributed by atoms with Crippen molar-refractivity contribution in [3.63, 3.8) is 0 Å². The largest absolute Gasteiger partial charge is 0.493 e. The van der Waals surface area contributed by atoms with Crippen LogP contribution in [0.15, 0.2) is 36.1 Å². The second-order valence-corrected chi connectivity index (χ2v) is 3.13. The summed E-state index contributed by atoms with van der Waals surface area (Å²) in [5.74, 6) is 0.713. The lowest BCUT2D eigenvalue weighted by atomic mass is 10.3. The number of para-hydroxylation sites is 2. The minimum absolute atomic E-state index is 0.149. The Balaban J connectivity index is 2.85. The van der Waals surface area contributed by atoms with E-state index in [0.29, 0.717) is 18.1 Å². The third-order valence-corrected chi connectivity index (χ3v) is 2.03. The third kappa shape index (κ3) is 3.52. The fourth-order valence-corrected chi connectivity index (χ4v) is 1.24. The van der Waals surface area contributed by atoms with E-state index in [1.54, 1.807) is 45.2 Å². The molecule has 0 atom stereocenters. The molecule has 92 valence electrons. The first-order valence-corrected chi connectivity index (χ1v) is 5.37. The minimum Gasteiger partial charge on any atom is -0.493 e. The van der Waals surface area contributed by atoms with Crippen LogP contribution in [0.5, 0.6) is 11.5 Å². The first-order chi connectivity index (χ1) is 8.22. The maximum Gasteiger partial charge on any atom is 0.373 e. The summed E-state index contributed by atoms with van der Waals surface area (Å²) < 4.78 is 15.5. The Morgan fingerprint density at radius 1 is 1.29 bits per heavy atom. The molecule has 0 saturated heterocycles. The van der Waals surface area contributed by atoms with E-state index >= 15 is 0 Å². The van der Waals surface area contributed by atoms with Gasteiger partial charge >= 0.3 is 5.97 Å². The molecule has 0 heterocycles. The van der Waals surface area contributed by atoms with Gasteiger partial charge in [-0.15, -0.1) is 0 Å². The molecule has 0 radical (unpaired) electrons. The van der Waals surface area contributed by atoms with Crippen LogP contribution in [0.1, 0.15) is 13.8 Å². The molecule has 0 unspecified atom stereocenters. The molecule has 0 fully saturated rings. The molecule has 0 N–H and O–H groups in total. The van der Waals surface area contributed by atoms with E-state index in [-0.39, 0.29) is 5.76 Å². The Morgan fingerprint density at radius 2 is 1.94 bits per heavy atom. The fraction of sp³-hybridized carbons (Fsp3) is 0.308. The number of carbonyl (C=O) groups excluding carboxylic acids is 1. The molecular formula is C13H16O4. The highest BCUT2D eigenvalue weighted by Crippen LogP contribution is 2.27. The van der Waals surface area contributed by atoms with E-state index in [1.165, 1.54) is 0 Å². The summed E-state index contributed by atoms with van der Waals surface area (Å²) >= 11 is 0. The summed E-state index contributed by atoms with van der Waals surface area (Å²) in [5, 5.41) is 0. The summed E-state index contributed by atoms with van der Waals surface area (Å²) in [4.78, 5) is 11.5. The molecule has 0 spiro atoms. The van der Waals surface area contributed by atoms with Crippen LogP contribution in [0.2, 0.25) is 0 Å². The quantitative estimate of drug-likeness (QED) is 0.447. The Bertz CT molecular complexity index is 410. The number of benzene rings is 1. The van der Waals surface area contributed by atoms with Crippen molar-refractivity contribution in [2.75, 3.05) is 13.7 Å². The molecule has 0 aliphatic heterocycles. The normalized spacial score (nSPS) is 10.9. The lowest BCUT2D eigenvalue weighted by molar-refractivity contribution is -0.141. The molecule has 1 aromatic rings. The number of carbonyl (C=O) groups is 1. The molecule has 0 saturated carbocycles. The van der Waals surface area contributed by atoms with E-state index < -0.39 is 5.97 Å². The van der Waals surface area contributed by atoms with Crippen LogP contribution < -0.4 is 9.47 Å². The average molecular weight is 236 g/mol. The van der Waals surface area contributed by atoms with Crippen molar-refractivity contribution < 1.29 is 19.0 Å². The number of esters is 1. The number of rotatable bonds is 5. The molecule has 1 aromatic carbocycles. The standard InChI is InChI=1S/C13H16O4/c1-4-10(13(14)16-5-2)17-12-9-7-6-8-11(12)15-3/h4,6-9H,5H2,1-3H3. The van der Waals surface area contributed by atoms with Gasteiger partial charge in [0.15, 0.2) is 11.5 Å². The molecule has 4 nitrogen and oxygen atoms in total. The monoisotopic (exact) mass is 236 g/mol. The van der Waals surface area contributed by atoms with Gasteiger partial charge in [0, 0.05) is 0 Å². The zero-order valence-electron chi connectivity index (χ0n) is 10.2. The highest BCUT2D eigenvalue weighted by atomic mass is 16.6. The van der Waals surface area contributed by atoms with Crippen molar-refractivity contribution in [2.45, 2.75) is 13.8 Å². The van der Waals surface area contributed by atoms with Crippen molar-refractivity contribution in [2.24, 2.45) is 0 Å². The van der Waals surface area contributed by atoms with Gasteiger partial charge in [-0.2, -0.15) is 0 Å². The van der Waals surface area contributed by atoms with E-state index in [9.17, 15) is 4.79 Å². The molecule has 0 bridgehead atoms. The van der Waals surface area contributed by atoms with Crippen LogP contribution in [0, 0.1) is 0 Å². The summed E-state index contributed by atoms with van der Waals surface area (Å²) in [6.07, 6.45) is 1.56. The summed E-state index contributed by atoms with van der Waals surface area (Å²) in [6.45, 7) is 3.77. The zero-order valence-corrected chi connectivity index (χ0v) is 10.2. The topological polar surface area (TPSA) is 44.8 Å². The highest BCUT2D eigenvalue weighted by Gasteiger charge is 2.14. The number of ether oxygens (including phenoxy) is 3. The molecule has 0 aromatic heterocycles.